The van der Waals surface area contributed by atoms with Crippen molar-refractivity contribution in [2.24, 2.45) is 0 Å². The Morgan fingerprint density at radius 2 is 1.61 bits per heavy atom. The molecule has 0 saturated carbocycles. The molecular formula is C32H36N2O3S. The first-order chi connectivity index (χ1) is 18.2. The topological polar surface area (TPSA) is 53.0 Å². The lowest BCUT2D eigenvalue weighted by molar-refractivity contribution is -0.139. The van der Waals surface area contributed by atoms with E-state index in [1.165, 1.54) is 16.7 Å². The fourth-order valence-corrected chi connectivity index (χ4v) is 4.69. The number of hydrogen-bond acceptors (Lipinski definition) is 5. The van der Waals surface area contributed by atoms with Gasteiger partial charge in [-0.15, -0.1) is 11.8 Å². The van der Waals surface area contributed by atoms with E-state index in [4.69, 9.17) is 9.84 Å². The molecule has 0 saturated heterocycles. The van der Waals surface area contributed by atoms with E-state index in [0.717, 1.165) is 40.4 Å². The number of carboxylic acid groups (broad SMARTS) is 1. The highest BCUT2D eigenvalue weighted by molar-refractivity contribution is 7.99. The summed E-state index contributed by atoms with van der Waals surface area (Å²) in [6.45, 7) is 3.23. The quantitative estimate of drug-likeness (QED) is 0.256. The average molecular weight is 529 g/mol. The van der Waals surface area contributed by atoms with Gasteiger partial charge in [0.1, 0.15) is 5.75 Å². The normalized spacial score (nSPS) is 11.4. The molecule has 3 rings (SSSR count). The van der Waals surface area contributed by atoms with E-state index in [1.54, 1.807) is 11.8 Å². The molecule has 3 aromatic rings. The second-order valence-electron chi connectivity index (χ2n) is 9.59. The molecule has 0 unspecified atom stereocenters. The fraction of sp³-hybridized carbons (Fsp3) is 0.281. The van der Waals surface area contributed by atoms with Crippen LogP contribution >= 0.6 is 11.8 Å². The van der Waals surface area contributed by atoms with Crippen molar-refractivity contribution < 1.29 is 14.6 Å². The van der Waals surface area contributed by atoms with Gasteiger partial charge in [0, 0.05) is 22.8 Å². The molecule has 6 heteroatoms. The van der Waals surface area contributed by atoms with Gasteiger partial charge in [0.05, 0.1) is 6.54 Å². The van der Waals surface area contributed by atoms with Gasteiger partial charge in [-0.1, -0.05) is 54.3 Å². The lowest BCUT2D eigenvalue weighted by atomic mass is 9.96. The summed E-state index contributed by atoms with van der Waals surface area (Å²) in [5, 5.41) is 8.86. The predicted molar refractivity (Wildman–Crippen MR) is 158 cm³/mol. The van der Waals surface area contributed by atoms with Gasteiger partial charge < -0.3 is 14.7 Å². The molecule has 0 spiro atoms. The van der Waals surface area contributed by atoms with E-state index in [0.29, 0.717) is 5.75 Å². The van der Waals surface area contributed by atoms with Crippen LogP contribution in [0.4, 0.5) is 0 Å². The van der Waals surface area contributed by atoms with Crippen LogP contribution in [0.25, 0.3) is 5.57 Å². The molecule has 0 aliphatic carbocycles. The predicted octanol–water partition coefficient (Wildman–Crippen LogP) is 5.66. The molecule has 0 heterocycles. The minimum Gasteiger partial charge on any atom is -0.482 e. The number of thioether (sulfide) groups is 1. The second kappa shape index (κ2) is 14.4. The molecule has 0 aliphatic rings. The summed E-state index contributed by atoms with van der Waals surface area (Å²) in [6.07, 6.45) is 2.27. The third-order valence-corrected chi connectivity index (χ3v) is 6.54. The van der Waals surface area contributed by atoms with Gasteiger partial charge in [0.25, 0.3) is 0 Å². The Kier molecular flexibility index (Phi) is 11.0. The number of aryl methyl sites for hydroxylation is 1. The van der Waals surface area contributed by atoms with Gasteiger partial charge in [-0.3, -0.25) is 4.90 Å². The smallest absolute Gasteiger partial charge is 0.341 e. The van der Waals surface area contributed by atoms with Gasteiger partial charge in [0.15, 0.2) is 6.61 Å². The zero-order valence-corrected chi connectivity index (χ0v) is 23.6. The summed E-state index contributed by atoms with van der Waals surface area (Å²) in [4.78, 5) is 16.1. The maximum absolute atomic E-state index is 10.8. The van der Waals surface area contributed by atoms with Crippen molar-refractivity contribution in [3.63, 3.8) is 0 Å². The summed E-state index contributed by atoms with van der Waals surface area (Å²) in [6, 6.07) is 23.1. The Balaban J connectivity index is 1.81. The van der Waals surface area contributed by atoms with E-state index >= 15 is 0 Å². The molecule has 0 aromatic heterocycles. The van der Waals surface area contributed by atoms with Crippen LogP contribution in [0.5, 0.6) is 5.75 Å². The zero-order chi connectivity index (χ0) is 27.5. The first-order valence-electron chi connectivity index (χ1n) is 12.5. The number of benzene rings is 3. The van der Waals surface area contributed by atoms with Crippen molar-refractivity contribution in [1.82, 2.24) is 9.80 Å². The fourth-order valence-electron chi connectivity index (χ4n) is 3.82. The van der Waals surface area contributed by atoms with Crippen LogP contribution in [0.1, 0.15) is 27.8 Å². The van der Waals surface area contributed by atoms with Crippen molar-refractivity contribution in [2.75, 3.05) is 47.1 Å². The lowest BCUT2D eigenvalue weighted by Crippen LogP contribution is -2.10. The zero-order valence-electron chi connectivity index (χ0n) is 22.8. The average Bonchev–Trinajstić information content (AvgIpc) is 2.87. The highest BCUT2D eigenvalue weighted by Gasteiger charge is 2.08. The van der Waals surface area contributed by atoms with Crippen LogP contribution in [0, 0.1) is 18.8 Å². The summed E-state index contributed by atoms with van der Waals surface area (Å²) in [7, 11) is 8.18. The maximum Gasteiger partial charge on any atom is 0.341 e. The van der Waals surface area contributed by atoms with E-state index in [9.17, 15) is 4.79 Å². The lowest BCUT2D eigenvalue weighted by Gasteiger charge is -2.13. The third-order valence-electron chi connectivity index (χ3n) is 5.62. The molecular weight excluding hydrogens is 492 g/mol. The first kappa shape index (κ1) is 29.1. The Hall–Kier alpha value is -3.50. The summed E-state index contributed by atoms with van der Waals surface area (Å²) in [5.41, 5.74) is 6.71. The van der Waals surface area contributed by atoms with Crippen molar-refractivity contribution in [2.45, 2.75) is 18.4 Å². The van der Waals surface area contributed by atoms with E-state index in [2.05, 4.69) is 90.3 Å². The standard InChI is InChI=1S/C32H36N2O3S/c1-24-21-29(16-17-31(24)37-23-32(35)36)38-20-18-30(28-14-10-26(11-15-28)22-34(4)5)27-12-8-25(9-13-27)7-6-19-33(2)3/h8-18,21H,19-20,22-23H2,1-5H3,(H,35,36)/b30-18-. The van der Waals surface area contributed by atoms with Gasteiger partial charge >= 0.3 is 5.97 Å². The Morgan fingerprint density at radius 3 is 2.18 bits per heavy atom. The van der Waals surface area contributed by atoms with Crippen LogP contribution < -0.4 is 4.74 Å². The Bertz CT molecular complexity index is 1300. The molecule has 0 bridgehead atoms. The summed E-state index contributed by atoms with van der Waals surface area (Å²) < 4.78 is 5.36. The first-order valence-corrected chi connectivity index (χ1v) is 13.5. The number of aliphatic carboxylic acids is 1. The van der Waals surface area contributed by atoms with Crippen molar-refractivity contribution in [3.8, 4) is 17.6 Å². The van der Waals surface area contributed by atoms with E-state index in [-0.39, 0.29) is 6.61 Å². The molecule has 0 amide bonds. The van der Waals surface area contributed by atoms with Gasteiger partial charge in [0.2, 0.25) is 0 Å². The van der Waals surface area contributed by atoms with Gasteiger partial charge in [-0.25, -0.2) is 4.79 Å². The monoisotopic (exact) mass is 528 g/mol. The number of ether oxygens (including phenoxy) is 1. The highest BCUT2D eigenvalue weighted by Crippen LogP contribution is 2.29. The van der Waals surface area contributed by atoms with Crippen molar-refractivity contribution in [1.29, 1.82) is 0 Å². The Morgan fingerprint density at radius 1 is 0.947 bits per heavy atom. The minimum atomic E-state index is -0.982. The molecule has 0 atom stereocenters. The highest BCUT2D eigenvalue weighted by atomic mass is 32.2. The van der Waals surface area contributed by atoms with Crippen LogP contribution in [0.15, 0.2) is 77.7 Å². The van der Waals surface area contributed by atoms with Gasteiger partial charge in [-0.05, 0) is 93.3 Å². The third kappa shape index (κ3) is 9.42. The van der Waals surface area contributed by atoms with Crippen molar-refractivity contribution in [3.05, 3.63) is 101 Å². The number of rotatable bonds is 11. The number of carbonyl (C=O) groups is 1. The largest absolute Gasteiger partial charge is 0.482 e. The Labute approximate surface area is 231 Å². The van der Waals surface area contributed by atoms with E-state index in [1.807, 2.05) is 39.2 Å². The summed E-state index contributed by atoms with van der Waals surface area (Å²) >= 11 is 1.73. The molecule has 3 aromatic carbocycles. The number of hydrogen-bond donors (Lipinski definition) is 1. The molecule has 0 aliphatic heterocycles. The molecule has 5 nitrogen and oxygen atoms in total. The molecule has 0 fully saturated rings. The molecule has 198 valence electrons. The molecule has 0 radical (unpaired) electrons. The van der Waals surface area contributed by atoms with Crippen LogP contribution in [0.3, 0.4) is 0 Å². The SMILES string of the molecule is Cc1cc(SC/C=C(/c2ccc(C#CCN(C)C)cc2)c2ccc(CN(C)C)cc2)ccc1OCC(=O)O. The van der Waals surface area contributed by atoms with Crippen LogP contribution in [-0.2, 0) is 11.3 Å². The second-order valence-corrected chi connectivity index (χ2v) is 10.7. The van der Waals surface area contributed by atoms with Gasteiger partial charge in [-0.2, -0.15) is 0 Å². The molecule has 1 N–H and O–H groups in total. The number of carboxylic acids is 1. The minimum absolute atomic E-state index is 0.340. The van der Waals surface area contributed by atoms with Crippen LogP contribution in [-0.4, -0.2) is 68.0 Å². The maximum atomic E-state index is 10.8. The van der Waals surface area contributed by atoms with Crippen molar-refractivity contribution >= 4 is 23.3 Å². The number of nitrogens with zero attached hydrogens (tertiary/aromatic N) is 2. The van der Waals surface area contributed by atoms with Crippen LogP contribution in [0.2, 0.25) is 0 Å². The summed E-state index contributed by atoms with van der Waals surface area (Å²) in [5.74, 6) is 6.83. The molecule has 38 heavy (non-hydrogen) atoms. The van der Waals surface area contributed by atoms with E-state index < -0.39 is 5.97 Å².